The maximum absolute atomic E-state index is 11.6. The summed E-state index contributed by atoms with van der Waals surface area (Å²) in [6, 6.07) is 1.92. The van der Waals surface area contributed by atoms with Gasteiger partial charge < -0.3 is 4.74 Å². The van der Waals surface area contributed by atoms with E-state index in [0.29, 0.717) is 17.5 Å². The van der Waals surface area contributed by atoms with Crippen molar-refractivity contribution in [1.82, 2.24) is 14.6 Å². The lowest BCUT2D eigenvalue weighted by Gasteiger charge is -2.23. The van der Waals surface area contributed by atoms with Gasteiger partial charge >= 0.3 is 0 Å². The smallest absolute Gasteiger partial charge is 0.242 e. The number of rotatable bonds is 6. The van der Waals surface area contributed by atoms with Crippen LogP contribution in [-0.2, 0) is 10.0 Å². The molecule has 4 saturated carbocycles. The lowest BCUT2D eigenvalue weighted by molar-refractivity contribution is 0.237. The topological polar surface area (TPSA) is 85.6 Å². The molecule has 4 atom stereocenters. The number of anilines is 1. The summed E-state index contributed by atoms with van der Waals surface area (Å²) in [4.78, 5) is 0. The van der Waals surface area contributed by atoms with Crippen molar-refractivity contribution in [2.45, 2.75) is 50.9 Å². The molecule has 0 spiro atoms. The Balaban J connectivity index is 1.22. The number of hydrogen-bond acceptors (Lipinski definition) is 5. The quantitative estimate of drug-likeness (QED) is 0.780. The van der Waals surface area contributed by atoms with Crippen molar-refractivity contribution in [2.75, 3.05) is 17.6 Å². The monoisotopic (exact) mass is 416 g/mol. The minimum atomic E-state index is -3.40. The number of ether oxygens (including phenoxy) is 1. The molecule has 4 aliphatic rings. The van der Waals surface area contributed by atoms with Crippen LogP contribution in [0.1, 0.15) is 56.4 Å². The van der Waals surface area contributed by atoms with Crippen LogP contribution in [0.4, 0.5) is 5.95 Å². The van der Waals surface area contributed by atoms with Gasteiger partial charge in [-0.15, -0.1) is 10.2 Å². The fourth-order valence-corrected chi connectivity index (χ4v) is 6.94. The van der Waals surface area contributed by atoms with Crippen molar-refractivity contribution in [3.8, 4) is 5.75 Å². The van der Waals surface area contributed by atoms with Gasteiger partial charge in [-0.1, -0.05) is 0 Å². The standard InChI is InChI=1S/C21H28N4O3S/c1-29(26,27)24-21-23-22-20-9-19(18(10-25(20)21)13-2-3-13)28-11-12-6-16-14-4-5-15(8-14)17(16)7-12/h9-10,12-17H,2-8,11H2,1H3,(H,23,24). The summed E-state index contributed by atoms with van der Waals surface area (Å²) in [5.41, 5.74) is 1.75. The van der Waals surface area contributed by atoms with Crippen LogP contribution in [0.25, 0.3) is 5.65 Å². The Morgan fingerprint density at radius 3 is 2.48 bits per heavy atom. The van der Waals surface area contributed by atoms with Crippen molar-refractivity contribution in [2.24, 2.45) is 29.6 Å². The zero-order valence-corrected chi connectivity index (χ0v) is 17.6. The van der Waals surface area contributed by atoms with Crippen LogP contribution in [-0.4, -0.2) is 35.9 Å². The highest BCUT2D eigenvalue weighted by Gasteiger charge is 2.51. The number of nitrogens with zero attached hydrogens (tertiary/aromatic N) is 3. The molecule has 0 aliphatic heterocycles. The molecule has 156 valence electrons. The molecule has 0 aromatic carbocycles. The summed E-state index contributed by atoms with van der Waals surface area (Å²) >= 11 is 0. The van der Waals surface area contributed by atoms with E-state index in [9.17, 15) is 8.42 Å². The van der Waals surface area contributed by atoms with Crippen molar-refractivity contribution in [3.63, 3.8) is 0 Å². The van der Waals surface area contributed by atoms with Crippen LogP contribution in [0, 0.1) is 29.6 Å². The van der Waals surface area contributed by atoms with E-state index >= 15 is 0 Å². The molecular formula is C21H28N4O3S. The first-order valence-electron chi connectivity index (χ1n) is 10.9. The van der Waals surface area contributed by atoms with Gasteiger partial charge in [0, 0.05) is 17.8 Å². The van der Waals surface area contributed by atoms with Gasteiger partial charge in [-0.05, 0) is 80.5 Å². The molecule has 2 aromatic rings. The Bertz CT molecular complexity index is 1040. The second-order valence-corrected chi connectivity index (χ2v) is 11.6. The van der Waals surface area contributed by atoms with E-state index in [1.54, 1.807) is 4.40 Å². The number of nitrogens with one attached hydrogen (secondary N) is 1. The Kier molecular flexibility index (Phi) is 3.93. The molecule has 4 unspecified atom stereocenters. The first-order chi connectivity index (χ1) is 13.9. The number of pyridine rings is 1. The van der Waals surface area contributed by atoms with Crippen molar-refractivity contribution < 1.29 is 13.2 Å². The lowest BCUT2D eigenvalue weighted by atomic mass is 9.82. The normalized spacial score (nSPS) is 33.3. The van der Waals surface area contributed by atoms with Crippen LogP contribution in [0.15, 0.2) is 12.3 Å². The third-order valence-electron chi connectivity index (χ3n) is 7.79. The van der Waals surface area contributed by atoms with Crippen LogP contribution in [0.3, 0.4) is 0 Å². The average molecular weight is 417 g/mol. The van der Waals surface area contributed by atoms with Gasteiger partial charge in [-0.2, -0.15) is 0 Å². The van der Waals surface area contributed by atoms with Crippen LogP contribution < -0.4 is 9.46 Å². The molecule has 6 rings (SSSR count). The van der Waals surface area contributed by atoms with Gasteiger partial charge in [0.25, 0.3) is 0 Å². The SMILES string of the molecule is CS(=O)(=O)Nc1nnc2cc(OCC3CC4C5CCC(C5)C4C3)c(C3CC3)cn12. The maximum atomic E-state index is 11.6. The largest absolute Gasteiger partial charge is 0.493 e. The summed E-state index contributed by atoms with van der Waals surface area (Å²) in [5.74, 6) is 6.17. The summed E-state index contributed by atoms with van der Waals surface area (Å²) in [6.45, 7) is 0.783. The molecular weight excluding hydrogens is 388 g/mol. The fourth-order valence-electron chi connectivity index (χ4n) is 6.47. The highest BCUT2D eigenvalue weighted by atomic mass is 32.2. The van der Waals surface area contributed by atoms with E-state index in [2.05, 4.69) is 14.9 Å². The van der Waals surface area contributed by atoms with Crippen molar-refractivity contribution >= 4 is 21.6 Å². The summed E-state index contributed by atoms with van der Waals surface area (Å²) in [6.07, 6.45) is 12.4. The molecule has 2 bridgehead atoms. The van der Waals surface area contributed by atoms with E-state index in [1.807, 2.05) is 12.3 Å². The van der Waals surface area contributed by atoms with E-state index in [0.717, 1.165) is 60.7 Å². The molecule has 8 heteroatoms. The summed E-state index contributed by atoms with van der Waals surface area (Å²) in [7, 11) is -3.40. The first-order valence-corrected chi connectivity index (χ1v) is 12.8. The second-order valence-electron chi connectivity index (χ2n) is 9.80. The molecule has 4 aliphatic carbocycles. The molecule has 2 aromatic heterocycles. The van der Waals surface area contributed by atoms with Gasteiger partial charge in [0.1, 0.15) is 5.75 Å². The Morgan fingerprint density at radius 2 is 1.83 bits per heavy atom. The minimum absolute atomic E-state index is 0.232. The highest BCUT2D eigenvalue weighted by molar-refractivity contribution is 7.92. The van der Waals surface area contributed by atoms with E-state index in [1.165, 1.54) is 32.1 Å². The van der Waals surface area contributed by atoms with Crippen LogP contribution in [0.5, 0.6) is 5.75 Å². The molecule has 7 nitrogen and oxygen atoms in total. The van der Waals surface area contributed by atoms with Crippen molar-refractivity contribution in [3.05, 3.63) is 17.8 Å². The van der Waals surface area contributed by atoms with Crippen molar-refractivity contribution in [1.29, 1.82) is 0 Å². The predicted molar refractivity (Wildman–Crippen MR) is 109 cm³/mol. The van der Waals surface area contributed by atoms with Gasteiger partial charge in [-0.25, -0.2) is 8.42 Å². The summed E-state index contributed by atoms with van der Waals surface area (Å²) < 4.78 is 33.8. The van der Waals surface area contributed by atoms with Crippen LogP contribution in [0.2, 0.25) is 0 Å². The second kappa shape index (κ2) is 6.33. The Labute approximate surface area is 171 Å². The lowest BCUT2D eigenvalue weighted by Crippen LogP contribution is -2.15. The maximum Gasteiger partial charge on any atom is 0.242 e. The van der Waals surface area contributed by atoms with Crippen LogP contribution >= 0.6 is 0 Å². The van der Waals surface area contributed by atoms with E-state index < -0.39 is 10.0 Å². The van der Waals surface area contributed by atoms with Gasteiger partial charge in [0.15, 0.2) is 5.65 Å². The number of fused-ring (bicyclic) bond motifs is 6. The highest BCUT2D eigenvalue weighted by Crippen LogP contribution is 2.60. The molecule has 0 radical (unpaired) electrons. The number of sulfonamides is 1. The average Bonchev–Trinajstić information content (AvgIpc) is 3.02. The number of hydrogen-bond donors (Lipinski definition) is 1. The zero-order chi connectivity index (χ0) is 19.8. The fraction of sp³-hybridized carbons (Fsp3) is 0.714. The van der Waals surface area contributed by atoms with Gasteiger partial charge in [0.05, 0.1) is 12.9 Å². The third-order valence-corrected chi connectivity index (χ3v) is 8.34. The third kappa shape index (κ3) is 3.20. The molecule has 4 fully saturated rings. The van der Waals surface area contributed by atoms with E-state index in [4.69, 9.17) is 4.74 Å². The van der Waals surface area contributed by atoms with Gasteiger partial charge in [-0.3, -0.25) is 9.12 Å². The molecule has 29 heavy (non-hydrogen) atoms. The molecule has 0 saturated heterocycles. The molecule has 0 amide bonds. The minimum Gasteiger partial charge on any atom is -0.493 e. The molecule has 2 heterocycles. The first kappa shape index (κ1) is 18.0. The molecule has 1 N–H and O–H groups in total. The Hall–Kier alpha value is -1.83. The predicted octanol–water partition coefficient (Wildman–Crippen LogP) is 3.43. The van der Waals surface area contributed by atoms with E-state index in [-0.39, 0.29) is 5.95 Å². The number of aromatic nitrogens is 3. The van der Waals surface area contributed by atoms with Gasteiger partial charge in [0.2, 0.25) is 16.0 Å². The Morgan fingerprint density at radius 1 is 1.10 bits per heavy atom. The zero-order valence-electron chi connectivity index (χ0n) is 16.8. The summed E-state index contributed by atoms with van der Waals surface area (Å²) in [5, 5.41) is 8.15.